The van der Waals surface area contributed by atoms with Gasteiger partial charge in [-0.2, -0.15) is 0 Å². The van der Waals surface area contributed by atoms with E-state index >= 15 is 4.79 Å². The smallest absolute Gasteiger partial charge is 0.317 e. The molecule has 0 aromatic rings. The average molecular weight is 1340 g/mol. The average Bonchev–Trinajstić information content (AvgIpc) is 0.672. The van der Waals surface area contributed by atoms with Gasteiger partial charge in [0.05, 0.1) is 51.3 Å². The van der Waals surface area contributed by atoms with Crippen LogP contribution in [0.25, 0.3) is 0 Å². The van der Waals surface area contributed by atoms with Crippen molar-refractivity contribution in [3.05, 3.63) is 11.6 Å². The lowest BCUT2D eigenvalue weighted by Crippen LogP contribution is -2.68. The topological polar surface area (TPSA) is 472 Å². The number of rotatable bonds is 14. The van der Waals surface area contributed by atoms with Gasteiger partial charge in [0.2, 0.25) is 6.29 Å². The highest BCUT2D eigenvalue weighted by molar-refractivity contribution is 5.80. The molecule has 0 bridgehead atoms. The highest BCUT2D eigenvalue weighted by Crippen LogP contribution is 2.76. The zero-order valence-electron chi connectivity index (χ0n) is 53.9. The number of ether oxygens (including phenoxy) is 12. The van der Waals surface area contributed by atoms with Crippen LogP contribution in [0.5, 0.6) is 0 Å². The summed E-state index contributed by atoms with van der Waals surface area (Å²) in [4.78, 5) is 15.9. The van der Waals surface area contributed by atoms with E-state index in [1.165, 1.54) is 6.92 Å². The summed E-state index contributed by atoms with van der Waals surface area (Å²) in [6.07, 6.45) is -40.5. The number of allylic oxidation sites excluding steroid dienone is 2. The van der Waals surface area contributed by atoms with Crippen LogP contribution in [0.3, 0.4) is 0 Å². The number of esters is 1. The third-order valence-corrected chi connectivity index (χ3v) is 24.4. The lowest BCUT2D eigenvalue weighted by atomic mass is 9.33. The van der Waals surface area contributed by atoms with E-state index < -0.39 is 245 Å². The van der Waals surface area contributed by atoms with Crippen LogP contribution >= 0.6 is 0 Å². The van der Waals surface area contributed by atoms with E-state index in [2.05, 4.69) is 54.5 Å². The van der Waals surface area contributed by atoms with Crippen molar-refractivity contribution in [3.63, 3.8) is 0 Å². The van der Waals surface area contributed by atoms with Crippen LogP contribution in [0.1, 0.15) is 113 Å². The number of carbonyl (C=O) groups excluding carboxylic acids is 1. The van der Waals surface area contributed by atoms with Crippen molar-refractivity contribution in [1.29, 1.82) is 0 Å². The molecule has 6 aliphatic heterocycles. The summed E-state index contributed by atoms with van der Waals surface area (Å²) >= 11 is 0. The minimum Gasteiger partial charge on any atom is -0.432 e. The Hall–Kier alpha value is -1.91. The minimum absolute atomic E-state index is 0.0774. The van der Waals surface area contributed by atoms with Crippen molar-refractivity contribution in [2.75, 3.05) is 33.0 Å². The molecular formula is C63H102O30. The van der Waals surface area contributed by atoms with E-state index in [0.29, 0.717) is 25.7 Å². The fraction of sp³-hybridized carbons (Fsp3) is 0.952. The van der Waals surface area contributed by atoms with E-state index in [-0.39, 0.29) is 35.5 Å². The lowest BCUT2D eigenvalue weighted by Gasteiger charge is -2.71. The molecule has 36 atom stereocenters. The molecule has 0 spiro atoms. The lowest BCUT2D eigenvalue weighted by molar-refractivity contribution is -0.388. The summed E-state index contributed by atoms with van der Waals surface area (Å²) in [5, 5.41) is 187. The van der Waals surface area contributed by atoms with E-state index in [1.807, 2.05) is 0 Å². The van der Waals surface area contributed by atoms with Gasteiger partial charge in [-0.05, 0) is 110 Å². The summed E-state index contributed by atoms with van der Waals surface area (Å²) in [5.41, 5.74) is -2.81. The van der Waals surface area contributed by atoms with Crippen molar-refractivity contribution < 1.29 is 148 Å². The first kappa shape index (κ1) is 72.3. The molecule has 534 valence electrons. The van der Waals surface area contributed by atoms with Gasteiger partial charge in [-0.3, -0.25) is 4.79 Å². The maximum Gasteiger partial charge on any atom is 0.317 e. The Bertz CT molecular complexity index is 2620. The molecule has 0 radical (unpaired) electrons. The van der Waals surface area contributed by atoms with Crippen molar-refractivity contribution in [2.24, 2.45) is 50.2 Å². The highest BCUT2D eigenvalue weighted by atomic mass is 16.8. The second-order valence-corrected chi connectivity index (χ2v) is 30.6. The molecular weight excluding hydrogens is 1240 g/mol. The molecule has 0 aromatic heterocycles. The molecule has 0 amide bonds. The van der Waals surface area contributed by atoms with Gasteiger partial charge in [0, 0.05) is 0 Å². The quantitative estimate of drug-likeness (QED) is 0.0443. The summed E-state index contributed by atoms with van der Waals surface area (Å²) in [6.45, 7) is 13.7. The Morgan fingerprint density at radius 2 is 1.01 bits per heavy atom. The van der Waals surface area contributed by atoms with E-state index in [1.54, 1.807) is 0 Å². The molecule has 0 aromatic carbocycles. The SMILES string of the molecule is CC1OC(OC2C(OC(=O)C34CCC(C)(C)CC3C3=CCC5C6(C)CCC(OC7OC(CO)C(O)C(O)C7O)C(C)(C)C6CCC5(C)C3(C)CC4O)OCC(O)C2OC2OC(CO)C(O)C(O)C2O)C(O)C(O)C1OC1OCC(O)C(OC2OCC(O)C(O)C2O)C1O. The zero-order chi connectivity index (χ0) is 67.7. The standard InChI is InChI=1S/C63H102O30/c1-24-47(89-52-46(80)48(28(67)22-83-52)90-51-42(76)36(70)27(66)21-82-51)41(75)45(79)53(85-24)92-50-49(91-55-44(78)40(74)38(72)31(20-65)87-55)29(68)23-84-56(50)93-57(81)63-16-15-58(2,3)17-26(63)25-9-10-33-60(6)13-12-35(88-54-43(77)39(73)37(71)30(19-64)86-54)59(4,5)32(60)11-14-61(33,7)62(25,8)18-34(63)69/h9,24,26-56,64-80H,10-23H2,1-8H3. The fourth-order valence-electron chi connectivity index (χ4n) is 18.7. The number of hydrogen-bond donors (Lipinski definition) is 17. The van der Waals surface area contributed by atoms with Crippen LogP contribution in [-0.2, 0) is 61.6 Å². The van der Waals surface area contributed by atoms with Crippen LogP contribution < -0.4 is 0 Å². The van der Waals surface area contributed by atoms with Crippen LogP contribution in [0, 0.1) is 50.2 Å². The predicted octanol–water partition coefficient (Wildman–Crippen LogP) is -4.47. The third kappa shape index (κ3) is 12.3. The number of aliphatic hydroxyl groups excluding tert-OH is 17. The second kappa shape index (κ2) is 26.9. The van der Waals surface area contributed by atoms with Crippen molar-refractivity contribution in [2.45, 2.75) is 291 Å². The van der Waals surface area contributed by atoms with Gasteiger partial charge in [-0.1, -0.05) is 60.1 Å². The summed E-state index contributed by atoms with van der Waals surface area (Å²) in [6, 6.07) is 0. The van der Waals surface area contributed by atoms with Gasteiger partial charge in [-0.25, -0.2) is 0 Å². The number of carbonyl (C=O) groups is 1. The maximum absolute atomic E-state index is 15.9. The first-order chi connectivity index (χ1) is 43.6. The second-order valence-electron chi connectivity index (χ2n) is 30.6. The van der Waals surface area contributed by atoms with Crippen LogP contribution in [0.2, 0.25) is 0 Å². The highest BCUT2D eigenvalue weighted by Gasteiger charge is 2.72. The molecule has 11 aliphatic rings. The normalized spacial score (nSPS) is 54.7. The van der Waals surface area contributed by atoms with E-state index in [4.69, 9.17) is 56.8 Å². The first-order valence-electron chi connectivity index (χ1n) is 33.0. The molecule has 30 heteroatoms. The molecule has 30 nitrogen and oxygen atoms in total. The Labute approximate surface area is 539 Å². The van der Waals surface area contributed by atoms with Gasteiger partial charge in [0.25, 0.3) is 0 Å². The van der Waals surface area contributed by atoms with Gasteiger partial charge in [0.15, 0.2) is 37.6 Å². The van der Waals surface area contributed by atoms with E-state index in [0.717, 1.165) is 24.8 Å². The molecule has 4 saturated carbocycles. The van der Waals surface area contributed by atoms with Gasteiger partial charge >= 0.3 is 5.97 Å². The van der Waals surface area contributed by atoms with E-state index in [9.17, 15) is 86.8 Å². The summed E-state index contributed by atoms with van der Waals surface area (Å²) in [5.74, 6) is -1.31. The summed E-state index contributed by atoms with van der Waals surface area (Å²) in [7, 11) is 0. The zero-order valence-corrected chi connectivity index (χ0v) is 53.9. The van der Waals surface area contributed by atoms with Crippen molar-refractivity contribution in [3.8, 4) is 0 Å². The van der Waals surface area contributed by atoms with Crippen LogP contribution in [-0.4, -0.2) is 304 Å². The Morgan fingerprint density at radius 3 is 1.63 bits per heavy atom. The van der Waals surface area contributed by atoms with Crippen molar-refractivity contribution in [1.82, 2.24) is 0 Å². The van der Waals surface area contributed by atoms with Gasteiger partial charge in [-0.15, -0.1) is 0 Å². The minimum atomic E-state index is -2.10. The number of fused-ring (bicyclic) bond motifs is 7. The molecule has 6 saturated heterocycles. The maximum atomic E-state index is 15.9. The molecule has 10 fully saturated rings. The number of aliphatic hydroxyl groups is 17. The largest absolute Gasteiger partial charge is 0.432 e. The molecule has 36 unspecified atom stereocenters. The fourth-order valence-corrected chi connectivity index (χ4v) is 18.7. The molecule has 11 rings (SSSR count). The Morgan fingerprint density at radius 1 is 0.495 bits per heavy atom. The van der Waals surface area contributed by atoms with Gasteiger partial charge in [0.1, 0.15) is 121 Å². The van der Waals surface area contributed by atoms with Crippen molar-refractivity contribution >= 4 is 5.97 Å². The monoisotopic (exact) mass is 1340 g/mol. The Kier molecular flexibility index (Phi) is 20.9. The number of hydrogen-bond acceptors (Lipinski definition) is 30. The molecule has 17 N–H and O–H groups in total. The first-order valence-corrected chi connectivity index (χ1v) is 33.0. The van der Waals surface area contributed by atoms with Crippen LogP contribution in [0.4, 0.5) is 0 Å². The summed E-state index contributed by atoms with van der Waals surface area (Å²) < 4.78 is 72.0. The molecule has 6 heterocycles. The Balaban J connectivity index is 0.852. The third-order valence-electron chi connectivity index (χ3n) is 24.4. The molecule has 93 heavy (non-hydrogen) atoms. The van der Waals surface area contributed by atoms with Crippen LogP contribution in [0.15, 0.2) is 11.6 Å². The van der Waals surface area contributed by atoms with Gasteiger partial charge < -0.3 is 144 Å². The molecule has 5 aliphatic carbocycles. The predicted molar refractivity (Wildman–Crippen MR) is 310 cm³/mol.